The van der Waals surface area contributed by atoms with Crippen LogP contribution in [-0.4, -0.2) is 57.6 Å². The van der Waals surface area contributed by atoms with Crippen LogP contribution in [0.15, 0.2) is 36.4 Å². The van der Waals surface area contributed by atoms with Gasteiger partial charge in [-0.05, 0) is 67.1 Å². The van der Waals surface area contributed by atoms with Crippen LogP contribution in [-0.2, 0) is 22.9 Å². The second kappa shape index (κ2) is 10.1. The smallest absolute Gasteiger partial charge is 0.232 e. The highest BCUT2D eigenvalue weighted by Gasteiger charge is 2.26. The van der Waals surface area contributed by atoms with Crippen molar-refractivity contribution in [1.82, 2.24) is 10.3 Å². The molecule has 2 heterocycles. The van der Waals surface area contributed by atoms with Gasteiger partial charge in [-0.1, -0.05) is 12.5 Å². The van der Waals surface area contributed by atoms with Crippen molar-refractivity contribution >= 4 is 26.6 Å². The maximum atomic E-state index is 12.1. The number of aromatic amines is 1. The van der Waals surface area contributed by atoms with Crippen LogP contribution in [0.25, 0.3) is 10.9 Å². The molecule has 0 saturated heterocycles. The molecule has 0 unspecified atom stereocenters. The second-order valence-corrected chi connectivity index (χ2v) is 11.2. The van der Waals surface area contributed by atoms with Crippen molar-refractivity contribution in [3.05, 3.63) is 53.2 Å². The number of fused-ring (bicyclic) bond motifs is 4. The second-order valence-electron chi connectivity index (χ2n) is 9.33. The first kappa shape index (κ1) is 24.0. The molecule has 9 heteroatoms. The maximum absolute atomic E-state index is 12.1. The van der Waals surface area contributed by atoms with Gasteiger partial charge in [0.05, 0.1) is 24.6 Å². The summed E-state index contributed by atoms with van der Waals surface area (Å²) in [7, 11) is -3.41. The van der Waals surface area contributed by atoms with Crippen LogP contribution in [0, 0.1) is 0 Å². The van der Waals surface area contributed by atoms with Crippen molar-refractivity contribution in [1.29, 1.82) is 0 Å². The Kier molecular flexibility index (Phi) is 6.91. The number of aromatic nitrogens is 1. The summed E-state index contributed by atoms with van der Waals surface area (Å²) in [6.07, 6.45) is 6.40. The van der Waals surface area contributed by atoms with Crippen LogP contribution >= 0.6 is 0 Å². The highest BCUT2D eigenvalue weighted by atomic mass is 32.2. The van der Waals surface area contributed by atoms with E-state index in [0.29, 0.717) is 43.3 Å². The summed E-state index contributed by atoms with van der Waals surface area (Å²) in [5.74, 6) is 1.36. The molecule has 1 aromatic heterocycles. The summed E-state index contributed by atoms with van der Waals surface area (Å²) in [5, 5.41) is 15.1. The number of hydrogen-bond acceptors (Lipinski definition) is 6. The van der Waals surface area contributed by atoms with Gasteiger partial charge in [0.15, 0.2) is 0 Å². The van der Waals surface area contributed by atoms with Gasteiger partial charge < -0.3 is 24.9 Å². The van der Waals surface area contributed by atoms with Crippen molar-refractivity contribution in [3.8, 4) is 11.5 Å². The third-order valence-electron chi connectivity index (χ3n) is 6.79. The van der Waals surface area contributed by atoms with Crippen LogP contribution in [0.2, 0.25) is 0 Å². The number of sulfonamides is 1. The number of aryl methyl sites for hydroxylation is 2. The Morgan fingerprint density at radius 1 is 1.17 bits per heavy atom. The van der Waals surface area contributed by atoms with Gasteiger partial charge in [-0.2, -0.15) is 0 Å². The van der Waals surface area contributed by atoms with Gasteiger partial charge in [0.25, 0.3) is 0 Å². The molecule has 2 aromatic carbocycles. The standard InChI is InChI=1S/C26H33N3O5S/c1-35(31,32)29-12-14-34-26-10-7-18(15-24(26)29)25(30)17-27-11-13-33-19-8-9-23-21(16-19)20-5-3-2-4-6-22(20)28-23/h7-10,15-16,25,27-28,30H,2-6,11-14,17H2,1H3/t25-/m0/s1. The van der Waals surface area contributed by atoms with E-state index in [1.54, 1.807) is 18.2 Å². The summed E-state index contributed by atoms with van der Waals surface area (Å²) in [6, 6.07) is 11.4. The largest absolute Gasteiger partial charge is 0.492 e. The number of nitrogens with one attached hydrogen (secondary N) is 2. The Morgan fingerprint density at radius 3 is 2.89 bits per heavy atom. The number of aliphatic hydroxyl groups is 1. The van der Waals surface area contributed by atoms with Gasteiger partial charge in [-0.15, -0.1) is 0 Å². The number of aliphatic hydroxyl groups excluding tert-OH is 1. The van der Waals surface area contributed by atoms with Crippen molar-refractivity contribution < 1.29 is 23.0 Å². The first-order chi connectivity index (χ1) is 16.9. The molecule has 0 bridgehead atoms. The molecule has 2 aliphatic rings. The number of anilines is 1. The summed E-state index contributed by atoms with van der Waals surface area (Å²) >= 11 is 0. The third-order valence-corrected chi connectivity index (χ3v) is 7.97. The molecule has 1 aliphatic carbocycles. The van der Waals surface area contributed by atoms with E-state index >= 15 is 0 Å². The molecule has 1 aliphatic heterocycles. The van der Waals surface area contributed by atoms with Crippen LogP contribution in [0.4, 0.5) is 5.69 Å². The number of ether oxygens (including phenoxy) is 2. The zero-order valence-electron chi connectivity index (χ0n) is 20.0. The van der Waals surface area contributed by atoms with Gasteiger partial charge >= 0.3 is 0 Å². The summed E-state index contributed by atoms with van der Waals surface area (Å²) in [6.45, 7) is 1.95. The molecule has 3 aromatic rings. The van der Waals surface area contributed by atoms with Gasteiger partial charge in [0.2, 0.25) is 10.0 Å². The molecule has 0 spiro atoms. The van der Waals surface area contributed by atoms with E-state index in [0.717, 1.165) is 18.6 Å². The van der Waals surface area contributed by atoms with Crippen molar-refractivity contribution in [2.75, 3.05) is 43.4 Å². The van der Waals surface area contributed by atoms with Crippen molar-refractivity contribution in [2.45, 2.75) is 38.2 Å². The number of H-pyrrole nitrogens is 1. The summed E-state index contributed by atoms with van der Waals surface area (Å²) in [4.78, 5) is 3.58. The molecule has 1 atom stereocenters. The molecular weight excluding hydrogens is 466 g/mol. The van der Waals surface area contributed by atoms with Gasteiger partial charge in [0, 0.05) is 29.7 Å². The zero-order valence-corrected chi connectivity index (χ0v) is 20.9. The minimum atomic E-state index is -3.41. The predicted molar refractivity (Wildman–Crippen MR) is 137 cm³/mol. The first-order valence-corrected chi connectivity index (χ1v) is 14.1. The molecule has 188 valence electrons. The fourth-order valence-electron chi connectivity index (χ4n) is 5.01. The predicted octanol–water partition coefficient (Wildman–Crippen LogP) is 3.30. The van der Waals surface area contributed by atoms with Crippen LogP contribution in [0.5, 0.6) is 11.5 Å². The Morgan fingerprint density at radius 2 is 2.03 bits per heavy atom. The Labute approximate surface area is 206 Å². The minimum absolute atomic E-state index is 0.262. The molecule has 5 rings (SSSR count). The lowest BCUT2D eigenvalue weighted by atomic mass is 10.1. The minimum Gasteiger partial charge on any atom is -0.492 e. The summed E-state index contributed by atoms with van der Waals surface area (Å²) < 4.78 is 37.1. The van der Waals surface area contributed by atoms with Gasteiger partial charge in [0.1, 0.15) is 24.7 Å². The summed E-state index contributed by atoms with van der Waals surface area (Å²) in [5.41, 5.74) is 5.09. The quantitative estimate of drug-likeness (QED) is 0.325. The average molecular weight is 500 g/mol. The van der Waals surface area contributed by atoms with E-state index in [4.69, 9.17) is 9.47 Å². The molecule has 35 heavy (non-hydrogen) atoms. The highest BCUT2D eigenvalue weighted by Crippen LogP contribution is 2.35. The Hall–Kier alpha value is -2.75. The lowest BCUT2D eigenvalue weighted by Crippen LogP contribution is -2.37. The number of hydrogen-bond donors (Lipinski definition) is 3. The van der Waals surface area contributed by atoms with Crippen LogP contribution in [0.3, 0.4) is 0 Å². The van der Waals surface area contributed by atoms with E-state index in [1.807, 2.05) is 6.07 Å². The molecule has 0 saturated carbocycles. The Balaban J connectivity index is 1.15. The Bertz CT molecular complexity index is 1300. The molecule has 8 nitrogen and oxygen atoms in total. The molecule has 3 N–H and O–H groups in total. The normalized spacial score (nSPS) is 16.8. The lowest BCUT2D eigenvalue weighted by molar-refractivity contribution is 0.172. The number of benzene rings is 2. The molecule has 0 radical (unpaired) electrons. The molecular formula is C26H33N3O5S. The zero-order chi connectivity index (χ0) is 24.4. The van der Waals surface area contributed by atoms with E-state index in [1.165, 1.54) is 52.0 Å². The maximum Gasteiger partial charge on any atom is 0.232 e. The third kappa shape index (κ3) is 5.27. The van der Waals surface area contributed by atoms with Gasteiger partial charge in [-0.25, -0.2) is 8.42 Å². The van der Waals surface area contributed by atoms with E-state index in [9.17, 15) is 13.5 Å². The number of rotatable bonds is 8. The van der Waals surface area contributed by atoms with Gasteiger partial charge in [-0.3, -0.25) is 4.31 Å². The topological polar surface area (TPSA) is 104 Å². The highest BCUT2D eigenvalue weighted by molar-refractivity contribution is 7.92. The fourth-order valence-corrected chi connectivity index (χ4v) is 5.92. The lowest BCUT2D eigenvalue weighted by Gasteiger charge is -2.30. The van der Waals surface area contributed by atoms with E-state index in [-0.39, 0.29) is 6.54 Å². The van der Waals surface area contributed by atoms with Crippen molar-refractivity contribution in [3.63, 3.8) is 0 Å². The van der Waals surface area contributed by atoms with Crippen molar-refractivity contribution in [2.24, 2.45) is 0 Å². The van der Waals surface area contributed by atoms with E-state index in [2.05, 4.69) is 22.4 Å². The first-order valence-electron chi connectivity index (χ1n) is 12.3. The monoisotopic (exact) mass is 499 g/mol. The average Bonchev–Trinajstić information content (AvgIpc) is 3.02. The molecule has 0 amide bonds. The SMILES string of the molecule is CS(=O)(=O)N1CCOc2ccc([C@@H](O)CNCCOc3ccc4[nH]c5c(c4c3)CCCCC5)cc21. The number of nitrogens with zero attached hydrogens (tertiary/aromatic N) is 1. The van der Waals surface area contributed by atoms with Crippen LogP contribution < -0.4 is 19.1 Å². The molecule has 0 fully saturated rings. The fraction of sp³-hybridized carbons (Fsp3) is 0.462. The van der Waals surface area contributed by atoms with E-state index < -0.39 is 16.1 Å². The van der Waals surface area contributed by atoms with Crippen LogP contribution in [0.1, 0.15) is 42.2 Å².